The number of H-pyrrole nitrogens is 1. The first kappa shape index (κ1) is 20.0. The smallest absolute Gasteiger partial charge is 0.262 e. The summed E-state index contributed by atoms with van der Waals surface area (Å²) in [5, 5.41) is 0.538. The van der Waals surface area contributed by atoms with E-state index in [9.17, 15) is 9.18 Å². The molecule has 162 valence electrons. The van der Waals surface area contributed by atoms with E-state index in [0.29, 0.717) is 39.4 Å². The predicted octanol–water partition coefficient (Wildman–Crippen LogP) is 3.14. The van der Waals surface area contributed by atoms with Crippen LogP contribution in [0.5, 0.6) is 11.5 Å². The number of halogens is 1. The number of nitrogens with zero attached hydrogens (tertiary/aromatic N) is 3. The lowest BCUT2D eigenvalue weighted by Crippen LogP contribution is -2.47. The Morgan fingerprint density at radius 1 is 1.03 bits per heavy atom. The van der Waals surface area contributed by atoms with E-state index in [1.54, 1.807) is 22.8 Å². The van der Waals surface area contributed by atoms with Crippen molar-refractivity contribution in [2.45, 2.75) is 13.0 Å². The van der Waals surface area contributed by atoms with Crippen molar-refractivity contribution in [3.8, 4) is 11.5 Å². The van der Waals surface area contributed by atoms with E-state index in [-0.39, 0.29) is 18.2 Å². The van der Waals surface area contributed by atoms with Crippen molar-refractivity contribution in [1.29, 1.82) is 0 Å². The lowest BCUT2D eigenvalue weighted by atomic mass is 10.2. The van der Waals surface area contributed by atoms with Gasteiger partial charge in [-0.15, -0.1) is 0 Å². The summed E-state index contributed by atoms with van der Waals surface area (Å²) in [5.41, 5.74) is 1.19. The van der Waals surface area contributed by atoms with Crippen LogP contribution in [0.3, 0.4) is 0 Å². The summed E-state index contributed by atoms with van der Waals surface area (Å²) in [6.45, 7) is 4.82. The Balaban J connectivity index is 1.22. The zero-order chi connectivity index (χ0) is 21.4. The van der Waals surface area contributed by atoms with Gasteiger partial charge in [-0.2, -0.15) is 0 Å². The highest BCUT2D eigenvalue weighted by atomic mass is 32.1. The van der Waals surface area contributed by atoms with Crippen LogP contribution in [0, 0.1) is 10.6 Å². The van der Waals surface area contributed by atoms with Gasteiger partial charge in [-0.05, 0) is 43.4 Å². The number of hydrogen-bond donors (Lipinski definition) is 1. The second-order valence-electron chi connectivity index (χ2n) is 7.77. The number of rotatable bonds is 5. The van der Waals surface area contributed by atoms with Crippen LogP contribution in [0.2, 0.25) is 0 Å². The Bertz CT molecular complexity index is 1230. The molecule has 0 amide bonds. The lowest BCUT2D eigenvalue weighted by molar-refractivity contribution is 0.174. The molecule has 3 aromatic rings. The third-order valence-corrected chi connectivity index (χ3v) is 6.22. The Kier molecular flexibility index (Phi) is 5.37. The van der Waals surface area contributed by atoms with Gasteiger partial charge in [-0.25, -0.2) is 4.39 Å². The van der Waals surface area contributed by atoms with Gasteiger partial charge >= 0.3 is 0 Å². The number of hydrogen-bond acceptors (Lipinski definition) is 6. The second kappa shape index (κ2) is 8.32. The van der Waals surface area contributed by atoms with Crippen LogP contribution in [0.4, 0.5) is 10.1 Å². The normalized spacial score (nSPS) is 16.2. The summed E-state index contributed by atoms with van der Waals surface area (Å²) in [4.78, 5) is 20.5. The average Bonchev–Trinajstić information content (AvgIpc) is 3.23. The molecule has 31 heavy (non-hydrogen) atoms. The number of para-hydroxylation sites is 1. The summed E-state index contributed by atoms with van der Waals surface area (Å²) in [6.07, 6.45) is 0.799. The van der Waals surface area contributed by atoms with E-state index in [1.165, 1.54) is 6.07 Å². The fourth-order valence-electron chi connectivity index (χ4n) is 4.22. The van der Waals surface area contributed by atoms with E-state index in [1.807, 2.05) is 12.1 Å². The zero-order valence-corrected chi connectivity index (χ0v) is 17.8. The van der Waals surface area contributed by atoms with Crippen LogP contribution in [-0.2, 0) is 6.54 Å². The average molecular weight is 443 g/mol. The summed E-state index contributed by atoms with van der Waals surface area (Å²) in [6, 6.07) is 10.4. The number of piperazine rings is 1. The molecule has 0 aliphatic carbocycles. The van der Waals surface area contributed by atoms with Crippen molar-refractivity contribution >= 4 is 28.8 Å². The fourth-order valence-corrected chi connectivity index (χ4v) is 4.50. The summed E-state index contributed by atoms with van der Waals surface area (Å²) in [5.74, 6) is 1.02. The minimum Gasteiger partial charge on any atom is -0.454 e. The van der Waals surface area contributed by atoms with Gasteiger partial charge in [0, 0.05) is 38.8 Å². The molecule has 5 rings (SSSR count). The van der Waals surface area contributed by atoms with Gasteiger partial charge < -0.3 is 19.4 Å². The van der Waals surface area contributed by atoms with Crippen molar-refractivity contribution in [3.05, 3.63) is 57.3 Å². The highest BCUT2D eigenvalue weighted by molar-refractivity contribution is 7.71. The molecular formula is C22H23FN4O3S. The molecule has 1 aromatic heterocycles. The molecule has 1 fully saturated rings. The maximum absolute atomic E-state index is 14.0. The molecule has 0 spiro atoms. The second-order valence-corrected chi connectivity index (χ2v) is 8.16. The van der Waals surface area contributed by atoms with E-state index in [4.69, 9.17) is 21.7 Å². The molecule has 0 unspecified atom stereocenters. The van der Waals surface area contributed by atoms with Crippen molar-refractivity contribution in [3.63, 3.8) is 0 Å². The molecule has 1 saturated heterocycles. The minimum atomic E-state index is -0.177. The number of aromatic amines is 1. The minimum absolute atomic E-state index is 0.124. The van der Waals surface area contributed by atoms with Crippen LogP contribution >= 0.6 is 12.2 Å². The van der Waals surface area contributed by atoms with Gasteiger partial charge in [0.2, 0.25) is 6.79 Å². The van der Waals surface area contributed by atoms with Crippen LogP contribution in [0.25, 0.3) is 10.9 Å². The molecule has 2 aromatic carbocycles. The highest BCUT2D eigenvalue weighted by Crippen LogP contribution is 2.34. The van der Waals surface area contributed by atoms with Gasteiger partial charge in [0.1, 0.15) is 5.82 Å². The maximum atomic E-state index is 14.0. The number of nitrogens with one attached hydrogen (secondary N) is 1. The number of fused-ring (bicyclic) bond motifs is 2. The van der Waals surface area contributed by atoms with Crippen LogP contribution in [-0.4, -0.2) is 54.0 Å². The summed E-state index contributed by atoms with van der Waals surface area (Å²) in [7, 11) is 0. The van der Waals surface area contributed by atoms with Crippen molar-refractivity contribution in [2.75, 3.05) is 44.4 Å². The van der Waals surface area contributed by atoms with E-state index >= 15 is 0 Å². The largest absolute Gasteiger partial charge is 0.454 e. The fraction of sp³-hybridized carbons (Fsp3) is 0.364. The van der Waals surface area contributed by atoms with Gasteiger partial charge in [-0.1, -0.05) is 12.1 Å². The number of ether oxygens (including phenoxy) is 2. The first-order valence-electron chi connectivity index (χ1n) is 10.4. The quantitative estimate of drug-likeness (QED) is 0.613. The highest BCUT2D eigenvalue weighted by Gasteiger charge is 2.20. The Labute approximate surface area is 183 Å². The van der Waals surface area contributed by atoms with Crippen molar-refractivity contribution in [2.24, 2.45) is 0 Å². The van der Waals surface area contributed by atoms with E-state index in [2.05, 4.69) is 14.8 Å². The zero-order valence-electron chi connectivity index (χ0n) is 17.0. The van der Waals surface area contributed by atoms with E-state index < -0.39 is 0 Å². The molecule has 9 heteroatoms. The molecule has 0 bridgehead atoms. The van der Waals surface area contributed by atoms with Gasteiger partial charge in [0.15, 0.2) is 16.3 Å². The molecule has 3 heterocycles. The molecule has 2 aliphatic heterocycles. The number of aromatic nitrogens is 2. The summed E-state index contributed by atoms with van der Waals surface area (Å²) >= 11 is 5.43. The molecule has 0 atom stereocenters. The summed E-state index contributed by atoms with van der Waals surface area (Å²) < 4.78 is 26.8. The Morgan fingerprint density at radius 3 is 2.55 bits per heavy atom. The molecule has 0 saturated carbocycles. The Hall–Kier alpha value is -2.91. The van der Waals surface area contributed by atoms with E-state index in [0.717, 1.165) is 39.1 Å². The van der Waals surface area contributed by atoms with Gasteiger partial charge in [0.25, 0.3) is 5.56 Å². The SMILES string of the molecule is O=c1c2cc3c(cc2[nH]c(=S)n1CCCN1CCN(c2ccccc2F)CC1)OCO3. The van der Waals surface area contributed by atoms with Crippen LogP contribution < -0.4 is 19.9 Å². The van der Waals surface area contributed by atoms with Crippen molar-refractivity contribution < 1.29 is 13.9 Å². The lowest BCUT2D eigenvalue weighted by Gasteiger charge is -2.36. The molecular weight excluding hydrogens is 419 g/mol. The number of benzene rings is 2. The first-order chi connectivity index (χ1) is 15.1. The molecule has 7 nitrogen and oxygen atoms in total. The predicted molar refractivity (Wildman–Crippen MR) is 119 cm³/mol. The number of anilines is 1. The Morgan fingerprint density at radius 2 is 1.77 bits per heavy atom. The third-order valence-electron chi connectivity index (χ3n) is 5.90. The topological polar surface area (TPSA) is 62.7 Å². The molecule has 1 N–H and O–H groups in total. The van der Waals surface area contributed by atoms with Gasteiger partial charge in [-0.3, -0.25) is 14.3 Å². The van der Waals surface area contributed by atoms with Crippen LogP contribution in [0.15, 0.2) is 41.2 Å². The molecule has 0 radical (unpaired) electrons. The van der Waals surface area contributed by atoms with Crippen LogP contribution in [0.1, 0.15) is 6.42 Å². The third kappa shape index (κ3) is 3.90. The first-order valence-corrected chi connectivity index (χ1v) is 10.8. The molecule has 2 aliphatic rings. The van der Waals surface area contributed by atoms with Gasteiger partial charge in [0.05, 0.1) is 16.6 Å². The monoisotopic (exact) mass is 442 g/mol. The standard InChI is InChI=1S/C22H23FN4O3S/c23-16-4-1-2-5-18(16)26-10-8-25(9-11-26)6-3-7-27-21(28)15-12-19-20(30-14-29-19)13-17(15)24-22(27)31/h1-2,4-5,12-13H,3,6-11,14H2,(H,24,31). The maximum Gasteiger partial charge on any atom is 0.262 e. The van der Waals surface area contributed by atoms with Crippen molar-refractivity contribution in [1.82, 2.24) is 14.5 Å².